The van der Waals surface area contributed by atoms with E-state index in [-0.39, 0.29) is 6.42 Å². The summed E-state index contributed by atoms with van der Waals surface area (Å²) in [5.74, 6) is 4.86. The zero-order valence-corrected chi connectivity index (χ0v) is 8.28. The summed E-state index contributed by atoms with van der Waals surface area (Å²) in [6.45, 7) is 0. The fourth-order valence-electron chi connectivity index (χ4n) is 1.03. The number of hydrogen-bond donors (Lipinski definition) is 2. The van der Waals surface area contributed by atoms with Crippen LogP contribution >= 0.6 is 0 Å². The first-order chi connectivity index (χ1) is 7.13. The third kappa shape index (κ3) is 3.24. The Kier molecular flexibility index (Phi) is 3.58. The van der Waals surface area contributed by atoms with Gasteiger partial charge in [-0.05, 0) is 18.2 Å². The zero-order chi connectivity index (χ0) is 11.3. The molecule has 0 fully saturated rings. The lowest BCUT2D eigenvalue weighted by Crippen LogP contribution is -1.93. The van der Waals surface area contributed by atoms with Crippen LogP contribution in [0.5, 0.6) is 5.75 Å². The minimum absolute atomic E-state index is 0.175. The van der Waals surface area contributed by atoms with Crippen molar-refractivity contribution < 1.29 is 14.6 Å². The maximum atomic E-state index is 10.2. The molecule has 15 heavy (non-hydrogen) atoms. The Morgan fingerprint density at radius 2 is 2.33 bits per heavy atom. The molecule has 4 heteroatoms. The predicted molar refractivity (Wildman–Crippen MR) is 56.5 cm³/mol. The Morgan fingerprint density at radius 3 is 2.87 bits per heavy atom. The summed E-state index contributed by atoms with van der Waals surface area (Å²) in [4.78, 5) is 10.2. The van der Waals surface area contributed by atoms with Gasteiger partial charge in [-0.15, -0.1) is 0 Å². The number of aliphatic carboxylic acids is 1. The number of carbonyl (C=O) groups is 1. The van der Waals surface area contributed by atoms with Crippen molar-refractivity contribution in [2.45, 2.75) is 6.42 Å². The van der Waals surface area contributed by atoms with Crippen LogP contribution in [-0.4, -0.2) is 18.2 Å². The van der Waals surface area contributed by atoms with E-state index in [1.165, 1.54) is 7.11 Å². The number of anilines is 1. The van der Waals surface area contributed by atoms with Gasteiger partial charge in [-0.3, -0.25) is 4.79 Å². The summed E-state index contributed by atoms with van der Waals surface area (Å²) >= 11 is 0. The molecule has 0 saturated carbocycles. The smallest absolute Gasteiger partial charge is 0.315 e. The van der Waals surface area contributed by atoms with E-state index in [0.29, 0.717) is 17.0 Å². The van der Waals surface area contributed by atoms with E-state index in [0.717, 1.165) is 0 Å². The standard InChI is InChI=1S/C11H11NO3/c1-15-10-6-5-8(7-9(10)12)3-2-4-11(13)14/h5-7H,4,12H2,1H3,(H,13,14). The number of carboxylic acids is 1. The number of ether oxygens (including phenoxy) is 1. The minimum Gasteiger partial charge on any atom is -0.495 e. The summed E-state index contributed by atoms with van der Waals surface area (Å²) in [5, 5.41) is 8.38. The second-order valence-electron chi connectivity index (χ2n) is 2.83. The molecule has 1 rings (SSSR count). The van der Waals surface area contributed by atoms with Crippen molar-refractivity contribution in [2.75, 3.05) is 12.8 Å². The fraction of sp³-hybridized carbons (Fsp3) is 0.182. The van der Waals surface area contributed by atoms with Crippen LogP contribution in [0.2, 0.25) is 0 Å². The Bertz CT molecular complexity index is 429. The van der Waals surface area contributed by atoms with Gasteiger partial charge in [0.15, 0.2) is 0 Å². The maximum Gasteiger partial charge on any atom is 0.315 e. The molecule has 0 atom stereocenters. The van der Waals surface area contributed by atoms with Crippen LogP contribution in [0, 0.1) is 11.8 Å². The number of benzene rings is 1. The second-order valence-corrected chi connectivity index (χ2v) is 2.83. The summed E-state index contributed by atoms with van der Waals surface area (Å²) in [6.07, 6.45) is -0.175. The number of rotatable bonds is 2. The van der Waals surface area contributed by atoms with Crippen molar-refractivity contribution in [3.05, 3.63) is 23.8 Å². The first kappa shape index (κ1) is 10.9. The van der Waals surface area contributed by atoms with E-state index in [4.69, 9.17) is 15.6 Å². The lowest BCUT2D eigenvalue weighted by atomic mass is 10.2. The number of hydrogen-bond acceptors (Lipinski definition) is 3. The average molecular weight is 205 g/mol. The van der Waals surface area contributed by atoms with Crippen molar-refractivity contribution in [3.63, 3.8) is 0 Å². The molecule has 0 unspecified atom stereocenters. The van der Waals surface area contributed by atoms with Gasteiger partial charge < -0.3 is 15.6 Å². The second kappa shape index (κ2) is 4.91. The van der Waals surface area contributed by atoms with Crippen LogP contribution < -0.4 is 10.5 Å². The molecule has 0 radical (unpaired) electrons. The van der Waals surface area contributed by atoms with E-state index in [9.17, 15) is 4.79 Å². The maximum absolute atomic E-state index is 10.2. The van der Waals surface area contributed by atoms with Crippen LogP contribution in [0.25, 0.3) is 0 Å². The van der Waals surface area contributed by atoms with Crippen molar-refractivity contribution in [1.29, 1.82) is 0 Å². The molecule has 1 aromatic carbocycles. The van der Waals surface area contributed by atoms with Crippen LogP contribution in [0.4, 0.5) is 5.69 Å². The van der Waals surface area contributed by atoms with Crippen LogP contribution in [0.1, 0.15) is 12.0 Å². The molecule has 0 aromatic heterocycles. The molecule has 0 aliphatic heterocycles. The van der Waals surface area contributed by atoms with Crippen LogP contribution in [-0.2, 0) is 4.79 Å². The van der Waals surface area contributed by atoms with E-state index in [2.05, 4.69) is 11.8 Å². The van der Waals surface area contributed by atoms with Crippen molar-refractivity contribution in [3.8, 4) is 17.6 Å². The zero-order valence-electron chi connectivity index (χ0n) is 8.28. The molecule has 78 valence electrons. The lowest BCUT2D eigenvalue weighted by molar-refractivity contribution is -0.135. The number of nitrogen functional groups attached to an aromatic ring is 1. The quantitative estimate of drug-likeness (QED) is 0.560. The molecule has 0 heterocycles. The predicted octanol–water partition coefficient (Wildman–Crippen LogP) is 1.10. The first-order valence-corrected chi connectivity index (χ1v) is 4.27. The highest BCUT2D eigenvalue weighted by Gasteiger charge is 1.98. The van der Waals surface area contributed by atoms with Crippen molar-refractivity contribution >= 4 is 11.7 Å². The third-order valence-electron chi connectivity index (χ3n) is 1.70. The van der Waals surface area contributed by atoms with E-state index in [1.54, 1.807) is 18.2 Å². The normalized spacial score (nSPS) is 8.87. The van der Waals surface area contributed by atoms with Crippen molar-refractivity contribution in [2.24, 2.45) is 0 Å². The lowest BCUT2D eigenvalue weighted by Gasteiger charge is -2.03. The van der Waals surface area contributed by atoms with Crippen LogP contribution in [0.3, 0.4) is 0 Å². The van der Waals surface area contributed by atoms with Gasteiger partial charge in [-0.25, -0.2) is 0 Å². The Balaban J connectivity index is 2.82. The molecule has 1 aromatic rings. The highest BCUT2D eigenvalue weighted by atomic mass is 16.5. The Hall–Kier alpha value is -2.15. The molecule has 0 bridgehead atoms. The molecule has 4 nitrogen and oxygen atoms in total. The van der Waals surface area contributed by atoms with E-state index in [1.807, 2.05) is 0 Å². The third-order valence-corrected chi connectivity index (χ3v) is 1.70. The van der Waals surface area contributed by atoms with Gasteiger partial charge in [0.25, 0.3) is 0 Å². The van der Waals surface area contributed by atoms with Gasteiger partial charge in [-0.2, -0.15) is 0 Å². The van der Waals surface area contributed by atoms with Crippen molar-refractivity contribution in [1.82, 2.24) is 0 Å². The monoisotopic (exact) mass is 205 g/mol. The summed E-state index contributed by atoms with van der Waals surface area (Å²) < 4.78 is 4.98. The molecule has 0 spiro atoms. The summed E-state index contributed by atoms with van der Waals surface area (Å²) in [7, 11) is 1.53. The van der Waals surface area contributed by atoms with Gasteiger partial charge >= 0.3 is 5.97 Å². The Labute approximate surface area is 87.7 Å². The van der Waals surface area contributed by atoms with E-state index >= 15 is 0 Å². The van der Waals surface area contributed by atoms with E-state index < -0.39 is 5.97 Å². The summed E-state index contributed by atoms with van der Waals surface area (Å²) in [6, 6.07) is 5.07. The number of methoxy groups -OCH3 is 1. The first-order valence-electron chi connectivity index (χ1n) is 4.27. The Morgan fingerprint density at radius 1 is 1.60 bits per heavy atom. The fourth-order valence-corrected chi connectivity index (χ4v) is 1.03. The van der Waals surface area contributed by atoms with Gasteiger partial charge in [0.05, 0.1) is 12.8 Å². The number of carboxylic acid groups (broad SMARTS) is 1. The molecular formula is C11H11NO3. The number of nitrogens with two attached hydrogens (primary N) is 1. The largest absolute Gasteiger partial charge is 0.495 e. The average Bonchev–Trinajstić information content (AvgIpc) is 2.17. The molecule has 3 N–H and O–H groups in total. The van der Waals surface area contributed by atoms with Gasteiger partial charge in [0.1, 0.15) is 12.2 Å². The molecule has 0 aliphatic carbocycles. The van der Waals surface area contributed by atoms with Gasteiger partial charge in [-0.1, -0.05) is 11.8 Å². The van der Waals surface area contributed by atoms with Gasteiger partial charge in [0, 0.05) is 5.56 Å². The topological polar surface area (TPSA) is 72.5 Å². The summed E-state index contributed by atoms with van der Waals surface area (Å²) in [5.41, 5.74) is 6.82. The van der Waals surface area contributed by atoms with Gasteiger partial charge in [0.2, 0.25) is 0 Å². The molecular weight excluding hydrogens is 194 g/mol. The molecule has 0 aliphatic rings. The molecule has 0 amide bonds. The minimum atomic E-state index is -0.941. The SMILES string of the molecule is COc1ccc(C#CCC(=O)O)cc1N. The van der Waals surface area contributed by atoms with Crippen LogP contribution in [0.15, 0.2) is 18.2 Å². The molecule has 0 saturated heterocycles. The highest BCUT2D eigenvalue weighted by Crippen LogP contribution is 2.21. The highest BCUT2D eigenvalue weighted by molar-refractivity contribution is 5.70.